The zero-order chi connectivity index (χ0) is 14.8. The SMILES string of the molecule is COC(=O)CC1=C(C(=O)OC)C2(CCCCC2)OC1=O. The van der Waals surface area contributed by atoms with Gasteiger partial charge in [-0.2, -0.15) is 0 Å². The molecule has 0 aromatic rings. The topological polar surface area (TPSA) is 78.9 Å². The van der Waals surface area contributed by atoms with Crippen LogP contribution in [0.3, 0.4) is 0 Å². The van der Waals surface area contributed by atoms with Gasteiger partial charge in [0.25, 0.3) is 0 Å². The molecule has 6 nitrogen and oxygen atoms in total. The molecule has 0 N–H and O–H groups in total. The number of ether oxygens (including phenoxy) is 3. The molecule has 0 atom stereocenters. The zero-order valence-corrected chi connectivity index (χ0v) is 11.7. The van der Waals surface area contributed by atoms with E-state index in [0.29, 0.717) is 12.8 Å². The lowest BCUT2D eigenvalue weighted by Crippen LogP contribution is -2.37. The number of methoxy groups -OCH3 is 2. The standard InChI is InChI=1S/C14H18O6/c1-18-10(15)8-9-11(13(17)19-2)14(20-12(9)16)6-4-3-5-7-14/h3-8H2,1-2H3. The summed E-state index contributed by atoms with van der Waals surface area (Å²) in [4.78, 5) is 35.5. The van der Waals surface area contributed by atoms with Gasteiger partial charge in [-0.05, 0) is 25.7 Å². The Hall–Kier alpha value is -1.85. The summed E-state index contributed by atoms with van der Waals surface area (Å²) < 4.78 is 14.8. The van der Waals surface area contributed by atoms with Gasteiger partial charge in [0, 0.05) is 0 Å². The molecule has 1 spiro atoms. The number of rotatable bonds is 3. The molecule has 1 aliphatic carbocycles. The summed E-state index contributed by atoms with van der Waals surface area (Å²) in [6.45, 7) is 0. The molecule has 0 amide bonds. The van der Waals surface area contributed by atoms with Crippen LogP contribution in [0.4, 0.5) is 0 Å². The van der Waals surface area contributed by atoms with Crippen molar-refractivity contribution in [2.45, 2.75) is 44.1 Å². The van der Waals surface area contributed by atoms with E-state index in [2.05, 4.69) is 4.74 Å². The molecule has 0 saturated heterocycles. The van der Waals surface area contributed by atoms with Crippen molar-refractivity contribution in [3.63, 3.8) is 0 Å². The van der Waals surface area contributed by atoms with Crippen LogP contribution in [-0.2, 0) is 28.6 Å². The van der Waals surface area contributed by atoms with Crippen LogP contribution in [0, 0.1) is 0 Å². The van der Waals surface area contributed by atoms with Crippen molar-refractivity contribution in [2.24, 2.45) is 0 Å². The number of carbonyl (C=O) groups is 3. The number of carbonyl (C=O) groups excluding carboxylic acids is 3. The van der Waals surface area contributed by atoms with Crippen molar-refractivity contribution < 1.29 is 28.6 Å². The Labute approximate surface area is 117 Å². The van der Waals surface area contributed by atoms with Gasteiger partial charge in [0.05, 0.1) is 31.8 Å². The summed E-state index contributed by atoms with van der Waals surface area (Å²) in [6.07, 6.45) is 3.71. The molecule has 110 valence electrons. The molecular formula is C14H18O6. The smallest absolute Gasteiger partial charge is 0.338 e. The van der Waals surface area contributed by atoms with E-state index in [9.17, 15) is 14.4 Å². The second-order valence-electron chi connectivity index (χ2n) is 5.04. The van der Waals surface area contributed by atoms with Gasteiger partial charge < -0.3 is 14.2 Å². The lowest BCUT2D eigenvalue weighted by Gasteiger charge is -2.33. The van der Waals surface area contributed by atoms with E-state index in [0.717, 1.165) is 19.3 Å². The van der Waals surface area contributed by atoms with Crippen molar-refractivity contribution in [3.8, 4) is 0 Å². The highest BCUT2D eigenvalue weighted by Gasteiger charge is 2.51. The first-order valence-electron chi connectivity index (χ1n) is 6.66. The molecule has 1 fully saturated rings. The molecule has 1 saturated carbocycles. The predicted octanol–water partition coefficient (Wildman–Crippen LogP) is 1.28. The fraction of sp³-hybridized carbons (Fsp3) is 0.643. The van der Waals surface area contributed by atoms with E-state index in [-0.39, 0.29) is 17.6 Å². The Morgan fingerprint density at radius 2 is 1.80 bits per heavy atom. The molecule has 1 heterocycles. The molecule has 2 rings (SSSR count). The van der Waals surface area contributed by atoms with Gasteiger partial charge in [-0.15, -0.1) is 0 Å². The third kappa shape index (κ3) is 2.42. The third-order valence-corrected chi connectivity index (χ3v) is 3.89. The second-order valence-corrected chi connectivity index (χ2v) is 5.04. The minimum atomic E-state index is -0.911. The van der Waals surface area contributed by atoms with Crippen LogP contribution in [0.2, 0.25) is 0 Å². The first-order valence-corrected chi connectivity index (χ1v) is 6.66. The Morgan fingerprint density at radius 1 is 1.15 bits per heavy atom. The van der Waals surface area contributed by atoms with E-state index in [1.54, 1.807) is 0 Å². The van der Waals surface area contributed by atoms with Gasteiger partial charge in [-0.3, -0.25) is 4.79 Å². The van der Waals surface area contributed by atoms with E-state index in [1.165, 1.54) is 14.2 Å². The minimum Gasteiger partial charge on any atom is -0.469 e. The van der Waals surface area contributed by atoms with Crippen molar-refractivity contribution >= 4 is 17.9 Å². The van der Waals surface area contributed by atoms with Crippen molar-refractivity contribution in [1.29, 1.82) is 0 Å². The van der Waals surface area contributed by atoms with Crippen LogP contribution < -0.4 is 0 Å². The van der Waals surface area contributed by atoms with Gasteiger partial charge in [-0.25, -0.2) is 9.59 Å². The zero-order valence-electron chi connectivity index (χ0n) is 11.7. The molecule has 0 radical (unpaired) electrons. The molecule has 20 heavy (non-hydrogen) atoms. The van der Waals surface area contributed by atoms with Crippen LogP contribution in [0.5, 0.6) is 0 Å². The van der Waals surface area contributed by atoms with Gasteiger partial charge in [-0.1, -0.05) is 6.42 Å². The Kier molecular flexibility index (Phi) is 4.11. The first kappa shape index (κ1) is 14.6. The minimum absolute atomic E-state index is 0.0746. The van der Waals surface area contributed by atoms with E-state index < -0.39 is 23.5 Å². The molecule has 0 aromatic carbocycles. The number of esters is 3. The molecule has 0 bridgehead atoms. The number of hydrogen-bond acceptors (Lipinski definition) is 6. The van der Waals surface area contributed by atoms with Crippen LogP contribution in [0.1, 0.15) is 38.5 Å². The summed E-state index contributed by atoms with van der Waals surface area (Å²) in [5, 5.41) is 0. The fourth-order valence-corrected chi connectivity index (χ4v) is 2.93. The van der Waals surface area contributed by atoms with Crippen LogP contribution in [0.15, 0.2) is 11.1 Å². The summed E-state index contributed by atoms with van der Waals surface area (Å²) >= 11 is 0. The Balaban J connectivity index is 2.43. The fourth-order valence-electron chi connectivity index (χ4n) is 2.93. The summed E-state index contributed by atoms with van der Waals surface area (Å²) in [7, 11) is 2.49. The largest absolute Gasteiger partial charge is 0.469 e. The van der Waals surface area contributed by atoms with Gasteiger partial charge in [0.2, 0.25) is 0 Å². The monoisotopic (exact) mass is 282 g/mol. The van der Waals surface area contributed by atoms with E-state index in [1.807, 2.05) is 0 Å². The summed E-state index contributed by atoms with van der Waals surface area (Å²) in [5.74, 6) is -1.79. The van der Waals surface area contributed by atoms with Crippen LogP contribution >= 0.6 is 0 Å². The highest BCUT2D eigenvalue weighted by Crippen LogP contribution is 2.45. The van der Waals surface area contributed by atoms with Crippen LogP contribution in [0.25, 0.3) is 0 Å². The maximum atomic E-state index is 12.0. The third-order valence-electron chi connectivity index (χ3n) is 3.89. The number of hydrogen-bond donors (Lipinski definition) is 0. The summed E-state index contributed by atoms with van der Waals surface area (Å²) in [5.41, 5.74) is -0.633. The quantitative estimate of drug-likeness (QED) is 0.573. The lowest BCUT2D eigenvalue weighted by atomic mass is 9.78. The molecule has 6 heteroatoms. The maximum Gasteiger partial charge on any atom is 0.338 e. The average Bonchev–Trinajstić information content (AvgIpc) is 2.70. The lowest BCUT2D eigenvalue weighted by molar-refractivity contribution is -0.152. The Morgan fingerprint density at radius 3 is 2.35 bits per heavy atom. The molecule has 2 aliphatic rings. The second kappa shape index (κ2) is 5.64. The first-order chi connectivity index (χ1) is 9.54. The van der Waals surface area contributed by atoms with Gasteiger partial charge in [0.1, 0.15) is 5.60 Å². The van der Waals surface area contributed by atoms with Crippen molar-refractivity contribution in [3.05, 3.63) is 11.1 Å². The normalized spacial score (nSPS) is 20.8. The average molecular weight is 282 g/mol. The highest BCUT2D eigenvalue weighted by atomic mass is 16.6. The van der Waals surface area contributed by atoms with Crippen molar-refractivity contribution in [2.75, 3.05) is 14.2 Å². The maximum absolute atomic E-state index is 12.0. The van der Waals surface area contributed by atoms with Crippen LogP contribution in [-0.4, -0.2) is 37.7 Å². The molecular weight excluding hydrogens is 264 g/mol. The summed E-state index contributed by atoms with van der Waals surface area (Å²) in [6, 6.07) is 0. The molecule has 1 aliphatic heterocycles. The van der Waals surface area contributed by atoms with E-state index >= 15 is 0 Å². The highest BCUT2D eigenvalue weighted by molar-refractivity contribution is 6.07. The molecule has 0 unspecified atom stereocenters. The molecule has 0 aromatic heterocycles. The Bertz CT molecular complexity index is 470. The van der Waals surface area contributed by atoms with Gasteiger partial charge in [0.15, 0.2) is 0 Å². The van der Waals surface area contributed by atoms with Gasteiger partial charge >= 0.3 is 17.9 Å². The predicted molar refractivity (Wildman–Crippen MR) is 67.6 cm³/mol. The van der Waals surface area contributed by atoms with E-state index in [4.69, 9.17) is 9.47 Å². The van der Waals surface area contributed by atoms with Crippen molar-refractivity contribution in [1.82, 2.24) is 0 Å².